The molecule has 5 heteroatoms. The van der Waals surface area contributed by atoms with Crippen molar-refractivity contribution >= 4 is 5.96 Å². The molecular formula is C17H25N5. The molecule has 0 saturated heterocycles. The van der Waals surface area contributed by atoms with Gasteiger partial charge in [-0.15, -0.1) is 0 Å². The lowest BCUT2D eigenvalue weighted by molar-refractivity contribution is 0.624. The summed E-state index contributed by atoms with van der Waals surface area (Å²) in [5.74, 6) is 0.862. The molecule has 118 valence electrons. The van der Waals surface area contributed by atoms with Crippen molar-refractivity contribution in [3.05, 3.63) is 48.3 Å². The zero-order valence-corrected chi connectivity index (χ0v) is 13.6. The molecule has 2 rings (SSSR count). The van der Waals surface area contributed by atoms with Crippen LogP contribution in [0.5, 0.6) is 0 Å². The van der Waals surface area contributed by atoms with Crippen LogP contribution in [0.15, 0.2) is 47.7 Å². The van der Waals surface area contributed by atoms with Crippen molar-refractivity contribution < 1.29 is 0 Å². The van der Waals surface area contributed by atoms with Crippen LogP contribution < -0.4 is 10.6 Å². The van der Waals surface area contributed by atoms with E-state index in [1.165, 1.54) is 0 Å². The molecule has 0 aliphatic heterocycles. The van der Waals surface area contributed by atoms with Gasteiger partial charge in [-0.05, 0) is 44.0 Å². The van der Waals surface area contributed by atoms with Gasteiger partial charge in [-0.3, -0.25) is 0 Å². The molecule has 22 heavy (non-hydrogen) atoms. The molecule has 0 spiro atoms. The Kier molecular flexibility index (Phi) is 6.01. The zero-order chi connectivity index (χ0) is 15.8. The summed E-state index contributed by atoms with van der Waals surface area (Å²) in [6.45, 7) is 7.89. The zero-order valence-electron chi connectivity index (χ0n) is 13.6. The maximum atomic E-state index is 4.66. The minimum absolute atomic E-state index is 0.410. The van der Waals surface area contributed by atoms with Crippen LogP contribution in [0.3, 0.4) is 0 Å². The SMILES string of the molecule is CCNC(=NCc1cccc(-n2cccn2)c1)NC(C)CC. The Labute approximate surface area is 132 Å². The number of rotatable bonds is 6. The van der Waals surface area contributed by atoms with Gasteiger partial charge < -0.3 is 10.6 Å². The summed E-state index contributed by atoms with van der Waals surface area (Å²) in [5.41, 5.74) is 2.21. The summed E-state index contributed by atoms with van der Waals surface area (Å²) in [6.07, 6.45) is 4.79. The summed E-state index contributed by atoms with van der Waals surface area (Å²) in [5, 5.41) is 10.9. The third kappa shape index (κ3) is 4.62. The molecule has 1 aromatic heterocycles. The maximum absolute atomic E-state index is 4.66. The molecule has 0 amide bonds. The van der Waals surface area contributed by atoms with Crippen molar-refractivity contribution in [2.45, 2.75) is 39.8 Å². The van der Waals surface area contributed by atoms with E-state index in [4.69, 9.17) is 0 Å². The molecule has 1 unspecified atom stereocenters. The average Bonchev–Trinajstić information content (AvgIpc) is 3.07. The third-order valence-electron chi connectivity index (χ3n) is 3.44. The van der Waals surface area contributed by atoms with Crippen LogP contribution >= 0.6 is 0 Å². The average molecular weight is 299 g/mol. The van der Waals surface area contributed by atoms with Crippen molar-refractivity contribution in [1.29, 1.82) is 0 Å². The summed E-state index contributed by atoms with van der Waals surface area (Å²) in [4.78, 5) is 4.66. The Morgan fingerprint density at radius 3 is 2.86 bits per heavy atom. The van der Waals surface area contributed by atoms with E-state index in [0.717, 1.165) is 30.2 Å². The fourth-order valence-electron chi connectivity index (χ4n) is 2.04. The molecule has 0 bridgehead atoms. The number of nitrogens with zero attached hydrogens (tertiary/aromatic N) is 3. The van der Waals surface area contributed by atoms with Crippen LogP contribution in [0.1, 0.15) is 32.8 Å². The first-order chi connectivity index (χ1) is 10.7. The van der Waals surface area contributed by atoms with Gasteiger partial charge >= 0.3 is 0 Å². The number of aliphatic imine (C=N–C) groups is 1. The predicted molar refractivity (Wildman–Crippen MR) is 91.3 cm³/mol. The first-order valence-electron chi connectivity index (χ1n) is 7.86. The Balaban J connectivity index is 2.08. The standard InChI is InChI=1S/C17H25N5/c1-4-14(3)21-17(18-5-2)19-13-15-8-6-9-16(12-15)22-11-7-10-20-22/h6-12,14H,4-5,13H2,1-3H3,(H2,18,19,21). The molecule has 5 nitrogen and oxygen atoms in total. The summed E-state index contributed by atoms with van der Waals surface area (Å²) in [6, 6.07) is 10.6. The normalized spacial score (nSPS) is 13.0. The molecule has 0 radical (unpaired) electrons. The molecule has 2 aromatic rings. The Morgan fingerprint density at radius 1 is 1.32 bits per heavy atom. The van der Waals surface area contributed by atoms with E-state index < -0.39 is 0 Å². The van der Waals surface area contributed by atoms with Gasteiger partial charge in [-0.25, -0.2) is 9.67 Å². The lowest BCUT2D eigenvalue weighted by atomic mass is 10.2. The van der Waals surface area contributed by atoms with E-state index in [9.17, 15) is 0 Å². The highest BCUT2D eigenvalue weighted by atomic mass is 15.3. The van der Waals surface area contributed by atoms with E-state index in [1.807, 2.05) is 29.1 Å². The second-order valence-electron chi connectivity index (χ2n) is 5.27. The van der Waals surface area contributed by atoms with E-state index in [-0.39, 0.29) is 0 Å². The van der Waals surface area contributed by atoms with Crippen LogP contribution in [-0.4, -0.2) is 28.3 Å². The minimum Gasteiger partial charge on any atom is -0.357 e. The number of benzene rings is 1. The fraction of sp³-hybridized carbons (Fsp3) is 0.412. The highest BCUT2D eigenvalue weighted by molar-refractivity contribution is 5.80. The second kappa shape index (κ2) is 8.22. The largest absolute Gasteiger partial charge is 0.357 e. The van der Waals surface area contributed by atoms with E-state index in [2.05, 4.69) is 53.6 Å². The Hall–Kier alpha value is -2.30. The number of hydrogen-bond acceptors (Lipinski definition) is 2. The summed E-state index contributed by atoms with van der Waals surface area (Å²) in [7, 11) is 0. The molecule has 2 N–H and O–H groups in total. The van der Waals surface area contributed by atoms with Gasteiger partial charge in [0, 0.05) is 25.0 Å². The fourth-order valence-corrected chi connectivity index (χ4v) is 2.04. The minimum atomic E-state index is 0.410. The first-order valence-corrected chi connectivity index (χ1v) is 7.86. The molecule has 1 heterocycles. The van der Waals surface area contributed by atoms with Gasteiger partial charge in [0.05, 0.1) is 12.2 Å². The number of hydrogen-bond donors (Lipinski definition) is 2. The van der Waals surface area contributed by atoms with Gasteiger partial charge in [-0.1, -0.05) is 19.1 Å². The summed E-state index contributed by atoms with van der Waals surface area (Å²) < 4.78 is 1.86. The number of aromatic nitrogens is 2. The lowest BCUT2D eigenvalue weighted by Gasteiger charge is -2.16. The van der Waals surface area contributed by atoms with Gasteiger partial charge in [0.1, 0.15) is 0 Å². The van der Waals surface area contributed by atoms with Gasteiger partial charge in [-0.2, -0.15) is 5.10 Å². The van der Waals surface area contributed by atoms with Gasteiger partial charge in [0.15, 0.2) is 5.96 Å². The molecule has 1 atom stereocenters. The molecule has 0 aliphatic carbocycles. The first kappa shape index (κ1) is 16.1. The van der Waals surface area contributed by atoms with Gasteiger partial charge in [0.25, 0.3) is 0 Å². The molecule has 0 aliphatic rings. The van der Waals surface area contributed by atoms with Crippen LogP contribution in [0.4, 0.5) is 0 Å². The second-order valence-corrected chi connectivity index (χ2v) is 5.27. The Bertz CT molecular complexity index is 589. The van der Waals surface area contributed by atoms with Crippen molar-refractivity contribution in [3.8, 4) is 5.69 Å². The number of guanidine groups is 1. The molecule has 0 saturated carbocycles. The van der Waals surface area contributed by atoms with Crippen molar-refractivity contribution in [3.63, 3.8) is 0 Å². The lowest BCUT2D eigenvalue weighted by Crippen LogP contribution is -2.41. The molecule has 0 fully saturated rings. The van der Waals surface area contributed by atoms with Crippen molar-refractivity contribution in [2.24, 2.45) is 4.99 Å². The van der Waals surface area contributed by atoms with Crippen molar-refractivity contribution in [1.82, 2.24) is 20.4 Å². The monoisotopic (exact) mass is 299 g/mol. The Morgan fingerprint density at radius 2 is 2.18 bits per heavy atom. The van der Waals surface area contributed by atoms with Crippen LogP contribution in [0, 0.1) is 0 Å². The van der Waals surface area contributed by atoms with E-state index in [1.54, 1.807) is 6.20 Å². The smallest absolute Gasteiger partial charge is 0.191 e. The molecular weight excluding hydrogens is 274 g/mol. The quantitative estimate of drug-likeness (QED) is 0.637. The van der Waals surface area contributed by atoms with E-state index in [0.29, 0.717) is 12.6 Å². The van der Waals surface area contributed by atoms with Crippen molar-refractivity contribution in [2.75, 3.05) is 6.54 Å². The highest BCUT2D eigenvalue weighted by Gasteiger charge is 2.03. The van der Waals surface area contributed by atoms with Crippen LogP contribution in [-0.2, 0) is 6.54 Å². The maximum Gasteiger partial charge on any atom is 0.191 e. The number of nitrogens with one attached hydrogen (secondary N) is 2. The van der Waals surface area contributed by atoms with Gasteiger partial charge in [0.2, 0.25) is 0 Å². The van der Waals surface area contributed by atoms with Crippen LogP contribution in [0.25, 0.3) is 5.69 Å². The predicted octanol–water partition coefficient (Wildman–Crippen LogP) is 2.73. The third-order valence-corrected chi connectivity index (χ3v) is 3.44. The summed E-state index contributed by atoms with van der Waals surface area (Å²) >= 11 is 0. The van der Waals surface area contributed by atoms with E-state index >= 15 is 0 Å². The highest BCUT2D eigenvalue weighted by Crippen LogP contribution is 2.10. The topological polar surface area (TPSA) is 54.2 Å². The van der Waals surface area contributed by atoms with Crippen LogP contribution in [0.2, 0.25) is 0 Å². The molecule has 1 aromatic carbocycles.